The maximum Gasteiger partial charge on any atom is 0.137 e. The molecule has 1 aromatic carbocycles. The second-order valence-corrected chi connectivity index (χ2v) is 3.91. The predicted octanol–water partition coefficient (Wildman–Crippen LogP) is 1.91. The van der Waals surface area contributed by atoms with E-state index in [1.807, 2.05) is 18.9 Å². The van der Waals surface area contributed by atoms with Gasteiger partial charge in [-0.15, -0.1) is 0 Å². The summed E-state index contributed by atoms with van der Waals surface area (Å²) in [6.07, 6.45) is 0. The molecule has 0 radical (unpaired) electrons. The minimum atomic E-state index is -0.301. The first-order chi connectivity index (χ1) is 7.06. The average Bonchev–Trinajstić information content (AvgIpc) is 2.20. The molecule has 0 unspecified atom stereocenters. The standard InChI is InChI=1S/C11H15FN2S/c1-3-14(2)7-8-5-4-6-9(10(8)12)11(13)15/h4-6H,3,7H2,1-2H3,(H2,13,15). The topological polar surface area (TPSA) is 29.3 Å². The molecule has 0 aliphatic heterocycles. The van der Waals surface area contributed by atoms with Gasteiger partial charge in [0.1, 0.15) is 10.8 Å². The van der Waals surface area contributed by atoms with E-state index in [-0.39, 0.29) is 10.8 Å². The quantitative estimate of drug-likeness (QED) is 0.795. The average molecular weight is 226 g/mol. The fraction of sp³-hybridized carbons (Fsp3) is 0.364. The second kappa shape index (κ2) is 5.19. The smallest absolute Gasteiger partial charge is 0.137 e. The first-order valence-corrected chi connectivity index (χ1v) is 5.22. The van der Waals surface area contributed by atoms with E-state index in [9.17, 15) is 4.39 Å². The van der Waals surface area contributed by atoms with Gasteiger partial charge in [0.05, 0.1) is 0 Å². The van der Waals surface area contributed by atoms with E-state index < -0.39 is 0 Å². The zero-order chi connectivity index (χ0) is 11.4. The lowest BCUT2D eigenvalue weighted by atomic mass is 10.1. The molecule has 0 bridgehead atoms. The van der Waals surface area contributed by atoms with E-state index in [2.05, 4.69) is 0 Å². The highest BCUT2D eigenvalue weighted by Gasteiger charge is 2.10. The van der Waals surface area contributed by atoms with E-state index >= 15 is 0 Å². The summed E-state index contributed by atoms with van der Waals surface area (Å²) in [5.74, 6) is -0.301. The molecular weight excluding hydrogens is 211 g/mol. The third-order valence-corrected chi connectivity index (χ3v) is 2.54. The van der Waals surface area contributed by atoms with Crippen molar-refractivity contribution in [3.8, 4) is 0 Å². The Morgan fingerprint density at radius 3 is 2.73 bits per heavy atom. The fourth-order valence-electron chi connectivity index (χ4n) is 1.29. The molecule has 0 fully saturated rings. The molecule has 0 aromatic heterocycles. The summed E-state index contributed by atoms with van der Waals surface area (Å²) < 4.78 is 13.8. The SMILES string of the molecule is CCN(C)Cc1cccc(C(N)=S)c1F. The van der Waals surface area contributed by atoms with Crippen molar-refractivity contribution in [3.05, 3.63) is 35.1 Å². The summed E-state index contributed by atoms with van der Waals surface area (Å²) in [5.41, 5.74) is 6.38. The Morgan fingerprint density at radius 1 is 1.53 bits per heavy atom. The summed E-state index contributed by atoms with van der Waals surface area (Å²) >= 11 is 4.78. The van der Waals surface area contributed by atoms with Gasteiger partial charge in [0, 0.05) is 17.7 Å². The zero-order valence-corrected chi connectivity index (χ0v) is 9.77. The van der Waals surface area contributed by atoms with Crippen LogP contribution in [0.15, 0.2) is 18.2 Å². The van der Waals surface area contributed by atoms with Crippen molar-refractivity contribution < 1.29 is 4.39 Å². The Bertz CT molecular complexity index is 366. The third kappa shape index (κ3) is 2.97. The molecule has 1 aromatic rings. The van der Waals surface area contributed by atoms with Gasteiger partial charge in [-0.1, -0.05) is 31.3 Å². The van der Waals surface area contributed by atoms with Crippen molar-refractivity contribution in [2.24, 2.45) is 5.73 Å². The fourth-order valence-corrected chi connectivity index (χ4v) is 1.45. The number of rotatable bonds is 4. The second-order valence-electron chi connectivity index (χ2n) is 3.47. The van der Waals surface area contributed by atoms with E-state index in [1.54, 1.807) is 18.2 Å². The molecule has 0 heterocycles. The van der Waals surface area contributed by atoms with Crippen LogP contribution in [-0.2, 0) is 6.54 Å². The Morgan fingerprint density at radius 2 is 2.20 bits per heavy atom. The number of nitrogens with two attached hydrogens (primary N) is 1. The van der Waals surface area contributed by atoms with Crippen molar-refractivity contribution >= 4 is 17.2 Å². The highest BCUT2D eigenvalue weighted by Crippen LogP contribution is 2.14. The van der Waals surface area contributed by atoms with Crippen LogP contribution in [0.25, 0.3) is 0 Å². The van der Waals surface area contributed by atoms with E-state index in [0.29, 0.717) is 17.7 Å². The number of benzene rings is 1. The maximum atomic E-state index is 13.8. The van der Waals surface area contributed by atoms with Crippen LogP contribution in [0.4, 0.5) is 4.39 Å². The van der Waals surface area contributed by atoms with Gasteiger partial charge in [0.2, 0.25) is 0 Å². The zero-order valence-electron chi connectivity index (χ0n) is 8.96. The summed E-state index contributed by atoms with van der Waals surface area (Å²) in [4.78, 5) is 2.12. The molecule has 0 saturated carbocycles. The van der Waals surface area contributed by atoms with E-state index in [4.69, 9.17) is 18.0 Å². The van der Waals surface area contributed by atoms with Gasteiger partial charge >= 0.3 is 0 Å². The maximum absolute atomic E-state index is 13.8. The van der Waals surface area contributed by atoms with Crippen LogP contribution in [0, 0.1) is 5.82 Å². The van der Waals surface area contributed by atoms with Gasteiger partial charge in [-0.05, 0) is 19.7 Å². The predicted molar refractivity (Wildman–Crippen MR) is 64.3 cm³/mol. The molecule has 0 aliphatic rings. The molecule has 15 heavy (non-hydrogen) atoms. The summed E-state index contributed by atoms with van der Waals surface area (Å²) in [5, 5.41) is 0. The Balaban J connectivity index is 2.99. The van der Waals surface area contributed by atoms with Crippen LogP contribution in [0.5, 0.6) is 0 Å². The Hall–Kier alpha value is -1.00. The van der Waals surface area contributed by atoms with Crippen LogP contribution in [0.2, 0.25) is 0 Å². The van der Waals surface area contributed by atoms with Gasteiger partial charge < -0.3 is 10.6 Å². The lowest BCUT2D eigenvalue weighted by molar-refractivity contribution is 0.339. The van der Waals surface area contributed by atoms with Crippen molar-refractivity contribution in [1.82, 2.24) is 4.90 Å². The molecule has 82 valence electrons. The molecule has 0 atom stereocenters. The van der Waals surface area contributed by atoms with E-state index in [1.165, 1.54) is 0 Å². The van der Waals surface area contributed by atoms with Crippen molar-refractivity contribution in [2.75, 3.05) is 13.6 Å². The van der Waals surface area contributed by atoms with Crippen LogP contribution >= 0.6 is 12.2 Å². The van der Waals surface area contributed by atoms with Crippen molar-refractivity contribution in [2.45, 2.75) is 13.5 Å². The number of hydrogen-bond donors (Lipinski definition) is 1. The van der Waals surface area contributed by atoms with Gasteiger partial charge in [-0.25, -0.2) is 4.39 Å². The van der Waals surface area contributed by atoms with Gasteiger partial charge in [-0.2, -0.15) is 0 Å². The lowest BCUT2D eigenvalue weighted by Gasteiger charge is -2.15. The molecule has 4 heteroatoms. The monoisotopic (exact) mass is 226 g/mol. The van der Waals surface area contributed by atoms with Gasteiger partial charge in [0.25, 0.3) is 0 Å². The number of hydrogen-bond acceptors (Lipinski definition) is 2. The Kier molecular flexibility index (Phi) is 4.17. The number of thiocarbonyl (C=S) groups is 1. The van der Waals surface area contributed by atoms with Gasteiger partial charge in [0.15, 0.2) is 0 Å². The molecule has 0 spiro atoms. The molecular formula is C11H15FN2S. The summed E-state index contributed by atoms with van der Waals surface area (Å²) in [7, 11) is 1.94. The highest BCUT2D eigenvalue weighted by molar-refractivity contribution is 7.80. The molecule has 2 N–H and O–H groups in total. The highest BCUT2D eigenvalue weighted by atomic mass is 32.1. The van der Waals surface area contributed by atoms with Crippen molar-refractivity contribution in [1.29, 1.82) is 0 Å². The number of halogens is 1. The minimum Gasteiger partial charge on any atom is -0.389 e. The summed E-state index contributed by atoms with van der Waals surface area (Å²) in [6.45, 7) is 3.46. The van der Waals surface area contributed by atoms with Crippen LogP contribution in [0.3, 0.4) is 0 Å². The molecule has 0 aliphatic carbocycles. The molecule has 2 nitrogen and oxygen atoms in total. The van der Waals surface area contributed by atoms with Crippen LogP contribution in [0.1, 0.15) is 18.1 Å². The lowest BCUT2D eigenvalue weighted by Crippen LogP contribution is -2.19. The third-order valence-electron chi connectivity index (χ3n) is 2.32. The molecule has 0 amide bonds. The first kappa shape index (κ1) is 12.1. The van der Waals surface area contributed by atoms with Gasteiger partial charge in [-0.3, -0.25) is 0 Å². The normalized spacial score (nSPS) is 10.7. The van der Waals surface area contributed by atoms with Crippen molar-refractivity contribution in [3.63, 3.8) is 0 Å². The molecule has 1 rings (SSSR count). The van der Waals surface area contributed by atoms with Crippen LogP contribution < -0.4 is 5.73 Å². The first-order valence-electron chi connectivity index (χ1n) is 4.82. The summed E-state index contributed by atoms with van der Waals surface area (Å²) in [6, 6.07) is 5.13. The van der Waals surface area contributed by atoms with E-state index in [0.717, 1.165) is 6.54 Å². The number of nitrogens with zero attached hydrogens (tertiary/aromatic N) is 1. The largest absolute Gasteiger partial charge is 0.389 e. The minimum absolute atomic E-state index is 0.105. The van der Waals surface area contributed by atoms with Crippen LogP contribution in [-0.4, -0.2) is 23.5 Å². The molecule has 0 saturated heterocycles. The Labute approximate surface area is 94.9 Å².